The molecule has 2 fully saturated rings. The maximum atomic E-state index is 13.5. The van der Waals surface area contributed by atoms with E-state index in [1.807, 2.05) is 44.2 Å². The van der Waals surface area contributed by atoms with Gasteiger partial charge in [-0.1, -0.05) is 17.7 Å². The monoisotopic (exact) mass is 576 g/mol. The van der Waals surface area contributed by atoms with Crippen LogP contribution in [0.2, 0.25) is 0 Å². The summed E-state index contributed by atoms with van der Waals surface area (Å²) in [5.41, 5.74) is 3.46. The second kappa shape index (κ2) is 11.3. The minimum absolute atomic E-state index is 0.0984. The fourth-order valence-electron chi connectivity index (χ4n) is 5.82. The smallest absolute Gasteiger partial charge is 0.281 e. The third kappa shape index (κ3) is 5.64. The zero-order valence-corrected chi connectivity index (χ0v) is 24.5. The minimum atomic E-state index is -1.60. The highest BCUT2D eigenvalue weighted by molar-refractivity contribution is 7.85. The van der Waals surface area contributed by atoms with Crippen LogP contribution in [0, 0.1) is 13.8 Å². The molecule has 2 N–H and O–H groups in total. The van der Waals surface area contributed by atoms with Crippen molar-refractivity contribution in [1.29, 1.82) is 0 Å². The van der Waals surface area contributed by atoms with E-state index in [4.69, 9.17) is 0 Å². The molecule has 12 heteroatoms. The Morgan fingerprint density at radius 3 is 2.54 bits per heavy atom. The number of amides is 1. The van der Waals surface area contributed by atoms with E-state index in [0.717, 1.165) is 68.9 Å². The molecule has 41 heavy (non-hydrogen) atoms. The van der Waals surface area contributed by atoms with Crippen LogP contribution in [-0.4, -0.2) is 98.6 Å². The number of piperidine rings is 1. The Kier molecular flexibility index (Phi) is 7.62. The Labute approximate surface area is 241 Å². The van der Waals surface area contributed by atoms with Crippen molar-refractivity contribution in [3.8, 4) is 0 Å². The first-order chi connectivity index (χ1) is 19.8. The fourth-order valence-corrected chi connectivity index (χ4v) is 7.00. The number of hydrogen-bond acceptors (Lipinski definition) is 8. The number of aryl methyl sites for hydroxylation is 2. The summed E-state index contributed by atoms with van der Waals surface area (Å²) < 4.78 is 15.1. The molecule has 2 aromatic carbocycles. The van der Waals surface area contributed by atoms with E-state index in [9.17, 15) is 13.8 Å². The average Bonchev–Trinajstić information content (AvgIpc) is 3.38. The zero-order chi connectivity index (χ0) is 28.7. The molecule has 0 aliphatic carbocycles. The maximum Gasteiger partial charge on any atom is 0.281 e. The first kappa shape index (κ1) is 27.6. The number of nitrogens with one attached hydrogen (secondary N) is 2. The molecule has 216 valence electrons. The van der Waals surface area contributed by atoms with Crippen LogP contribution in [0.25, 0.3) is 16.6 Å². The summed E-state index contributed by atoms with van der Waals surface area (Å²) in [6, 6.07) is 11.7. The lowest BCUT2D eigenvalue weighted by Gasteiger charge is -2.36. The van der Waals surface area contributed by atoms with Gasteiger partial charge in [-0.05, 0) is 76.7 Å². The standard InChI is InChI=1S/C29H36N8O3S/c1-19-4-7-25(20(2)16-19)41(40)29-27-31-28(39)23-6-5-22(17-24(23)37(27)33-32-29)36-14-12-35(13-15-36)18-26(38)30-21-8-10-34(3)11-9-21/h4-7,16-17,21,33H,8-15,18H2,1-3H3,(H,30,38). The molecule has 4 heterocycles. The van der Waals surface area contributed by atoms with Gasteiger partial charge >= 0.3 is 0 Å². The third-order valence-electron chi connectivity index (χ3n) is 8.21. The van der Waals surface area contributed by atoms with Crippen molar-refractivity contribution >= 4 is 38.9 Å². The second-order valence-corrected chi connectivity index (χ2v) is 12.6. The van der Waals surface area contributed by atoms with Crippen molar-refractivity contribution in [1.82, 2.24) is 34.9 Å². The van der Waals surface area contributed by atoms with Gasteiger partial charge in [0.1, 0.15) is 10.8 Å². The Hall–Kier alpha value is -3.61. The summed E-state index contributed by atoms with van der Waals surface area (Å²) in [5, 5.41) is 11.2. The Bertz CT molecular complexity index is 1680. The van der Waals surface area contributed by atoms with Crippen LogP contribution < -0.4 is 15.8 Å². The lowest BCUT2D eigenvalue weighted by atomic mass is 10.1. The lowest BCUT2D eigenvalue weighted by molar-refractivity contribution is -0.123. The highest BCUT2D eigenvalue weighted by Gasteiger charge is 2.24. The number of benzene rings is 2. The van der Waals surface area contributed by atoms with Crippen LogP contribution in [0.5, 0.6) is 0 Å². The summed E-state index contributed by atoms with van der Waals surface area (Å²) >= 11 is 0. The van der Waals surface area contributed by atoms with Crippen LogP contribution in [0.3, 0.4) is 0 Å². The highest BCUT2D eigenvalue weighted by atomic mass is 32.2. The van der Waals surface area contributed by atoms with Gasteiger partial charge in [0, 0.05) is 42.8 Å². The van der Waals surface area contributed by atoms with Gasteiger partial charge in [0.05, 0.1) is 17.4 Å². The topological polar surface area (TPSA) is 119 Å². The van der Waals surface area contributed by atoms with Crippen molar-refractivity contribution < 1.29 is 9.00 Å². The van der Waals surface area contributed by atoms with Gasteiger partial charge in [0.2, 0.25) is 5.91 Å². The molecule has 11 nitrogen and oxygen atoms in total. The van der Waals surface area contributed by atoms with Gasteiger partial charge in [-0.3, -0.25) is 14.5 Å². The minimum Gasteiger partial charge on any atom is -0.369 e. The number of carbonyl (C=O) groups is 1. The van der Waals surface area contributed by atoms with Crippen molar-refractivity contribution in [3.63, 3.8) is 0 Å². The summed E-state index contributed by atoms with van der Waals surface area (Å²) in [4.78, 5) is 37.3. The number of carbonyl (C=O) groups excluding carboxylic acids is 1. The molecule has 1 atom stereocenters. The number of nitrogens with zero attached hydrogens (tertiary/aromatic N) is 6. The molecule has 2 aromatic heterocycles. The van der Waals surface area contributed by atoms with Crippen molar-refractivity contribution in [2.45, 2.75) is 42.7 Å². The van der Waals surface area contributed by atoms with Gasteiger partial charge in [-0.25, -0.2) is 13.9 Å². The molecular formula is C29H36N8O3S. The quantitative estimate of drug-likeness (QED) is 0.356. The molecule has 0 spiro atoms. The SMILES string of the molecule is Cc1ccc(S(=O)c2n[nH]n3c2nc(=O)c2ccc(N4CCN(CC(=O)NC5CCN(C)CC5)CC4)cc23)c(C)c1. The summed E-state index contributed by atoms with van der Waals surface area (Å²) in [6.45, 7) is 9.43. The van der Waals surface area contributed by atoms with E-state index in [2.05, 4.69) is 42.4 Å². The molecule has 1 unspecified atom stereocenters. The van der Waals surface area contributed by atoms with Gasteiger partial charge in [-0.15, -0.1) is 5.10 Å². The number of aromatic nitrogens is 4. The third-order valence-corrected chi connectivity index (χ3v) is 9.69. The molecule has 0 saturated carbocycles. The molecular weight excluding hydrogens is 540 g/mol. The van der Waals surface area contributed by atoms with E-state index in [1.54, 1.807) is 10.6 Å². The van der Waals surface area contributed by atoms with Gasteiger partial charge in [-0.2, -0.15) is 4.98 Å². The van der Waals surface area contributed by atoms with E-state index < -0.39 is 10.8 Å². The van der Waals surface area contributed by atoms with Crippen LogP contribution >= 0.6 is 0 Å². The lowest BCUT2D eigenvalue weighted by Crippen LogP contribution is -2.51. The predicted molar refractivity (Wildman–Crippen MR) is 159 cm³/mol. The van der Waals surface area contributed by atoms with E-state index in [-0.39, 0.29) is 28.2 Å². The van der Waals surface area contributed by atoms with Crippen LogP contribution in [-0.2, 0) is 15.6 Å². The molecule has 6 rings (SSSR count). The van der Waals surface area contributed by atoms with Crippen LogP contribution in [0.1, 0.15) is 24.0 Å². The molecule has 0 radical (unpaired) electrons. The predicted octanol–water partition coefficient (Wildman–Crippen LogP) is 1.69. The fraction of sp³-hybridized carbons (Fsp3) is 0.448. The molecule has 2 saturated heterocycles. The van der Waals surface area contributed by atoms with E-state index in [1.165, 1.54) is 0 Å². The zero-order valence-electron chi connectivity index (χ0n) is 23.7. The van der Waals surface area contributed by atoms with Crippen molar-refractivity contribution in [2.24, 2.45) is 0 Å². The number of rotatable bonds is 6. The number of piperazine rings is 1. The molecule has 0 bridgehead atoms. The maximum absolute atomic E-state index is 13.5. The molecule has 4 aromatic rings. The Morgan fingerprint density at radius 1 is 1.05 bits per heavy atom. The summed E-state index contributed by atoms with van der Waals surface area (Å²) in [7, 11) is 0.518. The normalized spacial score (nSPS) is 18.3. The highest BCUT2D eigenvalue weighted by Crippen LogP contribution is 2.25. The summed E-state index contributed by atoms with van der Waals surface area (Å²) in [5.74, 6) is 0.0984. The molecule has 1 amide bonds. The first-order valence-electron chi connectivity index (χ1n) is 14.1. The number of likely N-dealkylation sites (tertiary alicyclic amines) is 1. The Morgan fingerprint density at radius 2 is 1.80 bits per heavy atom. The van der Waals surface area contributed by atoms with Crippen LogP contribution in [0.15, 0.2) is 51.1 Å². The average molecular weight is 577 g/mol. The van der Waals surface area contributed by atoms with Gasteiger partial charge < -0.3 is 15.1 Å². The number of hydrogen-bond donors (Lipinski definition) is 2. The van der Waals surface area contributed by atoms with Crippen LogP contribution in [0.4, 0.5) is 5.69 Å². The summed E-state index contributed by atoms with van der Waals surface area (Å²) in [6.07, 6.45) is 2.01. The number of anilines is 1. The number of aromatic amines is 1. The number of fused-ring (bicyclic) bond motifs is 3. The second-order valence-electron chi connectivity index (χ2n) is 11.2. The first-order valence-corrected chi connectivity index (χ1v) is 15.3. The largest absolute Gasteiger partial charge is 0.369 e. The van der Waals surface area contributed by atoms with Crippen molar-refractivity contribution in [3.05, 3.63) is 57.9 Å². The van der Waals surface area contributed by atoms with E-state index >= 15 is 0 Å². The molecule has 2 aliphatic heterocycles. The van der Waals surface area contributed by atoms with E-state index in [0.29, 0.717) is 22.3 Å². The van der Waals surface area contributed by atoms with Gasteiger partial charge in [0.15, 0.2) is 10.7 Å². The van der Waals surface area contributed by atoms with Crippen molar-refractivity contribution in [2.75, 3.05) is 57.8 Å². The Balaban J connectivity index is 1.18. The number of H-pyrrole nitrogens is 1. The van der Waals surface area contributed by atoms with Gasteiger partial charge in [0.25, 0.3) is 5.56 Å². The molecule has 2 aliphatic rings.